The second kappa shape index (κ2) is 4.94. The van der Waals surface area contributed by atoms with Crippen molar-refractivity contribution in [3.63, 3.8) is 0 Å². The Bertz CT molecular complexity index is 305. The summed E-state index contributed by atoms with van der Waals surface area (Å²) in [7, 11) is 0. The van der Waals surface area contributed by atoms with Crippen molar-refractivity contribution in [2.45, 2.75) is 44.0 Å². The molecule has 0 bridgehead atoms. The van der Waals surface area contributed by atoms with Crippen LogP contribution < -0.4 is 5.73 Å². The molecule has 5 nitrogen and oxygen atoms in total. The third kappa shape index (κ3) is 2.69. The zero-order valence-corrected chi connectivity index (χ0v) is 9.78. The standard InChI is InChI=1S/C9H17N5S/c1-7(10)9-11-12-13-14(9)6-8-4-2-3-5-15-8/h7-8H,2-6,10H2,1H3. The summed E-state index contributed by atoms with van der Waals surface area (Å²) >= 11 is 2.02. The molecule has 0 saturated carbocycles. The van der Waals surface area contributed by atoms with Crippen molar-refractivity contribution in [1.82, 2.24) is 20.2 Å². The van der Waals surface area contributed by atoms with Gasteiger partial charge in [0, 0.05) is 5.25 Å². The Balaban J connectivity index is 1.99. The first-order valence-electron chi connectivity index (χ1n) is 5.40. The fourth-order valence-corrected chi connectivity index (χ4v) is 3.10. The van der Waals surface area contributed by atoms with Gasteiger partial charge in [0.1, 0.15) is 0 Å². The molecule has 2 atom stereocenters. The van der Waals surface area contributed by atoms with Crippen molar-refractivity contribution >= 4 is 11.8 Å². The van der Waals surface area contributed by atoms with Crippen LogP contribution in [-0.4, -0.2) is 31.2 Å². The van der Waals surface area contributed by atoms with Gasteiger partial charge < -0.3 is 5.73 Å². The van der Waals surface area contributed by atoms with Gasteiger partial charge in [-0.2, -0.15) is 11.8 Å². The summed E-state index contributed by atoms with van der Waals surface area (Å²) in [5.74, 6) is 2.06. The van der Waals surface area contributed by atoms with Gasteiger partial charge in [0.05, 0.1) is 12.6 Å². The molecule has 0 radical (unpaired) electrons. The van der Waals surface area contributed by atoms with Crippen molar-refractivity contribution in [3.05, 3.63) is 5.82 Å². The van der Waals surface area contributed by atoms with Gasteiger partial charge in [-0.05, 0) is 35.9 Å². The number of nitrogens with two attached hydrogens (primary N) is 1. The monoisotopic (exact) mass is 227 g/mol. The summed E-state index contributed by atoms with van der Waals surface area (Å²) in [6, 6.07) is -0.0893. The molecule has 84 valence electrons. The predicted molar refractivity (Wildman–Crippen MR) is 60.5 cm³/mol. The fourth-order valence-electron chi connectivity index (χ4n) is 1.81. The SMILES string of the molecule is CC(N)c1nnnn1CC1CCCCS1. The second-order valence-electron chi connectivity index (χ2n) is 4.00. The Morgan fingerprint density at radius 3 is 3.13 bits per heavy atom. The van der Waals surface area contributed by atoms with Gasteiger partial charge in [-0.15, -0.1) is 5.10 Å². The number of hydrogen-bond acceptors (Lipinski definition) is 5. The lowest BCUT2D eigenvalue weighted by atomic mass is 10.2. The molecule has 0 spiro atoms. The number of rotatable bonds is 3. The molecule has 1 fully saturated rings. The minimum atomic E-state index is -0.0893. The second-order valence-corrected chi connectivity index (χ2v) is 5.40. The van der Waals surface area contributed by atoms with E-state index in [4.69, 9.17) is 5.73 Å². The molecule has 2 N–H and O–H groups in total. The van der Waals surface area contributed by atoms with Gasteiger partial charge in [-0.25, -0.2) is 4.68 Å². The summed E-state index contributed by atoms with van der Waals surface area (Å²) in [6.07, 6.45) is 3.94. The van der Waals surface area contributed by atoms with E-state index >= 15 is 0 Å². The number of nitrogens with zero attached hydrogens (tertiary/aromatic N) is 4. The molecule has 6 heteroatoms. The van der Waals surface area contributed by atoms with Crippen LogP contribution in [0.1, 0.15) is 38.1 Å². The van der Waals surface area contributed by atoms with Gasteiger partial charge >= 0.3 is 0 Å². The average molecular weight is 227 g/mol. The predicted octanol–water partition coefficient (Wildman–Crippen LogP) is 0.978. The maximum atomic E-state index is 5.79. The Morgan fingerprint density at radius 1 is 1.60 bits per heavy atom. The highest BCUT2D eigenvalue weighted by Gasteiger charge is 2.18. The molecule has 1 aromatic heterocycles. The Labute approximate surface area is 93.8 Å². The number of hydrogen-bond donors (Lipinski definition) is 1. The van der Waals surface area contributed by atoms with Crippen LogP contribution in [0.3, 0.4) is 0 Å². The minimum absolute atomic E-state index is 0.0893. The normalized spacial score (nSPS) is 24.0. The van der Waals surface area contributed by atoms with E-state index < -0.39 is 0 Å². The summed E-state index contributed by atoms with van der Waals surface area (Å²) in [6.45, 7) is 2.81. The van der Waals surface area contributed by atoms with Crippen LogP contribution in [-0.2, 0) is 6.54 Å². The molecule has 0 aromatic carbocycles. The Hall–Kier alpha value is -0.620. The van der Waals surface area contributed by atoms with Crippen LogP contribution >= 0.6 is 11.8 Å². The lowest BCUT2D eigenvalue weighted by molar-refractivity contribution is 0.502. The van der Waals surface area contributed by atoms with E-state index in [1.54, 1.807) is 0 Å². The lowest BCUT2D eigenvalue weighted by Crippen LogP contribution is -2.22. The van der Waals surface area contributed by atoms with Gasteiger partial charge in [-0.3, -0.25) is 0 Å². The van der Waals surface area contributed by atoms with Crippen LogP contribution in [0.5, 0.6) is 0 Å². The van der Waals surface area contributed by atoms with E-state index in [2.05, 4.69) is 15.5 Å². The highest BCUT2D eigenvalue weighted by atomic mass is 32.2. The summed E-state index contributed by atoms with van der Waals surface area (Å²) in [5, 5.41) is 12.3. The maximum absolute atomic E-state index is 5.79. The summed E-state index contributed by atoms with van der Waals surface area (Å²) in [4.78, 5) is 0. The molecular weight excluding hydrogens is 210 g/mol. The number of tetrazole rings is 1. The van der Waals surface area contributed by atoms with Crippen molar-refractivity contribution in [3.8, 4) is 0 Å². The fraction of sp³-hybridized carbons (Fsp3) is 0.889. The van der Waals surface area contributed by atoms with E-state index in [9.17, 15) is 0 Å². The average Bonchev–Trinajstić information content (AvgIpc) is 2.67. The maximum Gasteiger partial charge on any atom is 0.167 e. The van der Waals surface area contributed by atoms with Crippen molar-refractivity contribution in [2.75, 3.05) is 5.75 Å². The van der Waals surface area contributed by atoms with Crippen LogP contribution in [0.2, 0.25) is 0 Å². The molecule has 2 heterocycles. The first-order valence-corrected chi connectivity index (χ1v) is 6.45. The Morgan fingerprint density at radius 2 is 2.47 bits per heavy atom. The molecular formula is C9H17N5S. The van der Waals surface area contributed by atoms with E-state index in [0.29, 0.717) is 5.25 Å². The molecule has 0 aliphatic carbocycles. The number of aromatic nitrogens is 4. The van der Waals surface area contributed by atoms with Crippen LogP contribution in [0.15, 0.2) is 0 Å². The molecule has 1 aliphatic rings. The highest BCUT2D eigenvalue weighted by Crippen LogP contribution is 2.26. The summed E-state index contributed by atoms with van der Waals surface area (Å²) in [5.41, 5.74) is 5.79. The lowest BCUT2D eigenvalue weighted by Gasteiger charge is -2.21. The van der Waals surface area contributed by atoms with Crippen LogP contribution in [0.4, 0.5) is 0 Å². The highest BCUT2D eigenvalue weighted by molar-refractivity contribution is 7.99. The summed E-state index contributed by atoms with van der Waals surface area (Å²) < 4.78 is 1.85. The van der Waals surface area contributed by atoms with E-state index in [1.165, 1.54) is 25.0 Å². The quantitative estimate of drug-likeness (QED) is 0.833. The zero-order valence-electron chi connectivity index (χ0n) is 8.96. The zero-order chi connectivity index (χ0) is 10.7. The molecule has 2 unspecified atom stereocenters. The van der Waals surface area contributed by atoms with Gasteiger partial charge in [0.2, 0.25) is 0 Å². The van der Waals surface area contributed by atoms with Crippen LogP contribution in [0, 0.1) is 0 Å². The molecule has 15 heavy (non-hydrogen) atoms. The van der Waals surface area contributed by atoms with Crippen molar-refractivity contribution in [1.29, 1.82) is 0 Å². The molecule has 1 aliphatic heterocycles. The van der Waals surface area contributed by atoms with Crippen LogP contribution in [0.25, 0.3) is 0 Å². The molecule has 0 amide bonds. The topological polar surface area (TPSA) is 69.6 Å². The molecule has 1 saturated heterocycles. The molecule has 2 rings (SSSR count). The van der Waals surface area contributed by atoms with E-state index in [0.717, 1.165) is 12.4 Å². The first kappa shape index (κ1) is 10.9. The minimum Gasteiger partial charge on any atom is -0.322 e. The van der Waals surface area contributed by atoms with E-state index in [-0.39, 0.29) is 6.04 Å². The van der Waals surface area contributed by atoms with Gasteiger partial charge in [0.15, 0.2) is 5.82 Å². The molecule has 1 aromatic rings. The number of thioether (sulfide) groups is 1. The smallest absolute Gasteiger partial charge is 0.167 e. The van der Waals surface area contributed by atoms with Gasteiger partial charge in [-0.1, -0.05) is 6.42 Å². The third-order valence-corrected chi connectivity index (χ3v) is 4.00. The van der Waals surface area contributed by atoms with Crippen molar-refractivity contribution < 1.29 is 0 Å². The third-order valence-electron chi connectivity index (χ3n) is 2.62. The van der Waals surface area contributed by atoms with E-state index in [1.807, 2.05) is 23.4 Å². The largest absolute Gasteiger partial charge is 0.322 e. The first-order chi connectivity index (χ1) is 7.27. The van der Waals surface area contributed by atoms with Gasteiger partial charge in [0.25, 0.3) is 0 Å². The Kier molecular flexibility index (Phi) is 3.58. The van der Waals surface area contributed by atoms with Crippen molar-refractivity contribution in [2.24, 2.45) is 5.73 Å².